The van der Waals surface area contributed by atoms with Crippen LogP contribution in [0.1, 0.15) is 19.4 Å². The van der Waals surface area contributed by atoms with Crippen LogP contribution in [-0.4, -0.2) is 28.6 Å². The number of likely N-dealkylation sites (tertiary alicyclic amines) is 1. The van der Waals surface area contributed by atoms with Crippen molar-refractivity contribution in [2.75, 3.05) is 13.1 Å². The van der Waals surface area contributed by atoms with Crippen molar-refractivity contribution in [1.82, 2.24) is 4.90 Å². The number of nitrogens with two attached hydrogens (primary N) is 1. The zero-order valence-corrected chi connectivity index (χ0v) is 9.98. The Kier molecular flexibility index (Phi) is 2.91. The first-order valence-corrected chi connectivity index (χ1v) is 5.79. The van der Waals surface area contributed by atoms with Crippen LogP contribution in [0.15, 0.2) is 24.3 Å². The van der Waals surface area contributed by atoms with Gasteiger partial charge in [-0.15, -0.1) is 0 Å². The fourth-order valence-electron chi connectivity index (χ4n) is 2.12. The zero-order chi connectivity index (χ0) is 11.8. The third kappa shape index (κ3) is 2.20. The first-order valence-electron chi connectivity index (χ1n) is 5.79. The first-order chi connectivity index (χ1) is 7.49. The SMILES string of the molecule is CC(C)C1(N)CN(Cc2ccc(O)cc2)C1. The van der Waals surface area contributed by atoms with Gasteiger partial charge in [-0.05, 0) is 23.6 Å². The molecule has 1 fully saturated rings. The Labute approximate surface area is 96.9 Å². The Morgan fingerprint density at radius 1 is 1.31 bits per heavy atom. The summed E-state index contributed by atoms with van der Waals surface area (Å²) in [5.74, 6) is 0.853. The molecule has 1 heterocycles. The normalized spacial score (nSPS) is 19.8. The molecule has 0 amide bonds. The van der Waals surface area contributed by atoms with E-state index >= 15 is 0 Å². The van der Waals surface area contributed by atoms with Crippen LogP contribution in [0.25, 0.3) is 0 Å². The molecule has 0 spiro atoms. The molecule has 3 nitrogen and oxygen atoms in total. The second-order valence-corrected chi connectivity index (χ2v) is 5.20. The van der Waals surface area contributed by atoms with Gasteiger partial charge in [0, 0.05) is 25.2 Å². The van der Waals surface area contributed by atoms with Crippen molar-refractivity contribution in [2.24, 2.45) is 11.7 Å². The maximum atomic E-state index is 9.18. The lowest BCUT2D eigenvalue weighted by atomic mass is 9.80. The molecule has 1 aliphatic heterocycles. The highest BCUT2D eigenvalue weighted by Crippen LogP contribution is 2.27. The largest absolute Gasteiger partial charge is 0.508 e. The molecule has 0 atom stereocenters. The van der Waals surface area contributed by atoms with E-state index in [9.17, 15) is 5.11 Å². The number of benzene rings is 1. The van der Waals surface area contributed by atoms with Crippen LogP contribution in [0.3, 0.4) is 0 Å². The number of hydrogen-bond donors (Lipinski definition) is 2. The lowest BCUT2D eigenvalue weighted by molar-refractivity contribution is 0.0313. The summed E-state index contributed by atoms with van der Waals surface area (Å²) in [4.78, 5) is 2.34. The molecule has 2 rings (SSSR count). The molecule has 88 valence electrons. The standard InChI is InChI=1S/C13H20N2O/c1-10(2)13(14)8-15(9-13)7-11-3-5-12(16)6-4-11/h3-6,10,16H,7-9,14H2,1-2H3. The minimum Gasteiger partial charge on any atom is -0.508 e. The lowest BCUT2D eigenvalue weighted by Crippen LogP contribution is -2.69. The Bertz CT molecular complexity index is 353. The van der Waals surface area contributed by atoms with Gasteiger partial charge < -0.3 is 10.8 Å². The van der Waals surface area contributed by atoms with E-state index in [-0.39, 0.29) is 5.54 Å². The van der Waals surface area contributed by atoms with E-state index in [1.165, 1.54) is 5.56 Å². The predicted octanol–water partition coefficient (Wildman–Crippen LogP) is 1.56. The van der Waals surface area contributed by atoms with Crippen molar-refractivity contribution >= 4 is 0 Å². The monoisotopic (exact) mass is 220 g/mol. The summed E-state index contributed by atoms with van der Waals surface area (Å²) in [5.41, 5.74) is 7.45. The molecule has 1 aromatic rings. The molecule has 1 saturated heterocycles. The van der Waals surface area contributed by atoms with Gasteiger partial charge in [-0.25, -0.2) is 0 Å². The van der Waals surface area contributed by atoms with Gasteiger partial charge in [-0.1, -0.05) is 26.0 Å². The first kappa shape index (κ1) is 11.4. The van der Waals surface area contributed by atoms with E-state index in [4.69, 9.17) is 5.73 Å². The van der Waals surface area contributed by atoms with Gasteiger partial charge >= 0.3 is 0 Å². The van der Waals surface area contributed by atoms with Crippen molar-refractivity contribution in [3.8, 4) is 5.75 Å². The molecule has 1 aliphatic rings. The summed E-state index contributed by atoms with van der Waals surface area (Å²) < 4.78 is 0. The molecule has 3 N–H and O–H groups in total. The fourth-order valence-corrected chi connectivity index (χ4v) is 2.12. The Hall–Kier alpha value is -1.06. The molecule has 3 heteroatoms. The molecule has 1 aromatic carbocycles. The van der Waals surface area contributed by atoms with Crippen molar-refractivity contribution in [3.63, 3.8) is 0 Å². The van der Waals surface area contributed by atoms with E-state index in [0.29, 0.717) is 11.7 Å². The summed E-state index contributed by atoms with van der Waals surface area (Å²) in [6.45, 7) is 7.21. The van der Waals surface area contributed by atoms with E-state index in [1.54, 1.807) is 12.1 Å². The molecule has 0 bridgehead atoms. The van der Waals surface area contributed by atoms with Gasteiger partial charge in [0.1, 0.15) is 5.75 Å². The van der Waals surface area contributed by atoms with Crippen LogP contribution >= 0.6 is 0 Å². The molecular formula is C13H20N2O. The Morgan fingerprint density at radius 3 is 2.38 bits per heavy atom. The average molecular weight is 220 g/mol. The van der Waals surface area contributed by atoms with Crippen molar-refractivity contribution < 1.29 is 5.11 Å². The number of phenols is 1. The van der Waals surface area contributed by atoms with Crippen LogP contribution in [0.5, 0.6) is 5.75 Å². The van der Waals surface area contributed by atoms with Crippen LogP contribution in [0.2, 0.25) is 0 Å². The Morgan fingerprint density at radius 2 is 1.88 bits per heavy atom. The minimum atomic E-state index is -0.00306. The van der Waals surface area contributed by atoms with Gasteiger partial charge in [0.15, 0.2) is 0 Å². The number of aromatic hydroxyl groups is 1. The quantitative estimate of drug-likeness (QED) is 0.812. The van der Waals surface area contributed by atoms with Crippen LogP contribution in [0, 0.1) is 5.92 Å². The predicted molar refractivity (Wildman–Crippen MR) is 65.1 cm³/mol. The highest BCUT2D eigenvalue weighted by atomic mass is 16.3. The molecule has 0 radical (unpaired) electrons. The van der Waals surface area contributed by atoms with Gasteiger partial charge in [-0.3, -0.25) is 4.90 Å². The Balaban J connectivity index is 1.88. The third-order valence-corrected chi connectivity index (χ3v) is 3.53. The van der Waals surface area contributed by atoms with Crippen molar-refractivity contribution in [2.45, 2.75) is 25.9 Å². The van der Waals surface area contributed by atoms with Crippen LogP contribution < -0.4 is 5.73 Å². The molecule has 0 aromatic heterocycles. The molecule has 0 saturated carbocycles. The smallest absolute Gasteiger partial charge is 0.115 e. The van der Waals surface area contributed by atoms with E-state index in [0.717, 1.165) is 19.6 Å². The third-order valence-electron chi connectivity index (χ3n) is 3.53. The highest BCUT2D eigenvalue weighted by Gasteiger charge is 2.41. The van der Waals surface area contributed by atoms with Crippen molar-refractivity contribution in [3.05, 3.63) is 29.8 Å². The maximum absolute atomic E-state index is 9.18. The molecule has 0 unspecified atom stereocenters. The lowest BCUT2D eigenvalue weighted by Gasteiger charge is -2.50. The van der Waals surface area contributed by atoms with Gasteiger partial charge in [0.25, 0.3) is 0 Å². The summed E-state index contributed by atoms with van der Waals surface area (Å²) in [5, 5.41) is 9.18. The fraction of sp³-hybridized carbons (Fsp3) is 0.538. The average Bonchev–Trinajstić information content (AvgIpc) is 2.18. The summed E-state index contributed by atoms with van der Waals surface area (Å²) in [6, 6.07) is 7.38. The summed E-state index contributed by atoms with van der Waals surface area (Å²) >= 11 is 0. The zero-order valence-electron chi connectivity index (χ0n) is 9.98. The highest BCUT2D eigenvalue weighted by molar-refractivity contribution is 5.26. The van der Waals surface area contributed by atoms with Crippen LogP contribution in [0.4, 0.5) is 0 Å². The van der Waals surface area contributed by atoms with Gasteiger partial charge in [0.2, 0.25) is 0 Å². The second-order valence-electron chi connectivity index (χ2n) is 5.20. The van der Waals surface area contributed by atoms with E-state index in [2.05, 4.69) is 18.7 Å². The number of hydrogen-bond acceptors (Lipinski definition) is 3. The van der Waals surface area contributed by atoms with Crippen LogP contribution in [-0.2, 0) is 6.54 Å². The van der Waals surface area contributed by atoms with Gasteiger partial charge in [-0.2, -0.15) is 0 Å². The second kappa shape index (κ2) is 4.07. The summed E-state index contributed by atoms with van der Waals surface area (Å²) in [7, 11) is 0. The van der Waals surface area contributed by atoms with Gasteiger partial charge in [0.05, 0.1) is 0 Å². The van der Waals surface area contributed by atoms with E-state index < -0.39 is 0 Å². The molecule has 16 heavy (non-hydrogen) atoms. The topological polar surface area (TPSA) is 49.5 Å². The molecular weight excluding hydrogens is 200 g/mol. The number of nitrogens with zero attached hydrogens (tertiary/aromatic N) is 1. The number of phenolic OH excluding ortho intramolecular Hbond substituents is 1. The minimum absolute atomic E-state index is 0.00306. The number of rotatable bonds is 3. The van der Waals surface area contributed by atoms with Crippen molar-refractivity contribution in [1.29, 1.82) is 0 Å². The van der Waals surface area contributed by atoms with E-state index in [1.807, 2.05) is 12.1 Å². The maximum Gasteiger partial charge on any atom is 0.115 e. The summed E-state index contributed by atoms with van der Waals surface area (Å²) in [6.07, 6.45) is 0. The molecule has 0 aliphatic carbocycles.